The molecule has 1 saturated heterocycles. The molecule has 2 heterocycles. The van der Waals surface area contributed by atoms with Crippen LogP contribution < -0.4 is 16.0 Å². The van der Waals surface area contributed by atoms with Crippen LogP contribution in [0.3, 0.4) is 0 Å². The highest BCUT2D eigenvalue weighted by atomic mass is 35.5. The zero-order valence-electron chi connectivity index (χ0n) is 15.9. The summed E-state index contributed by atoms with van der Waals surface area (Å²) in [4.78, 5) is 24.3. The Morgan fingerprint density at radius 1 is 1.36 bits per heavy atom. The number of aromatic nitrogens is 3. The summed E-state index contributed by atoms with van der Waals surface area (Å²) >= 11 is 5.96. The summed E-state index contributed by atoms with van der Waals surface area (Å²) in [5.74, 6) is -0.272. The molecular formula is C18H24Cl2N6O2. The van der Waals surface area contributed by atoms with Crippen molar-refractivity contribution in [1.82, 2.24) is 30.9 Å². The van der Waals surface area contributed by atoms with Crippen LogP contribution in [0.5, 0.6) is 0 Å². The summed E-state index contributed by atoms with van der Waals surface area (Å²) in [7, 11) is 1.62. The van der Waals surface area contributed by atoms with Crippen LogP contribution >= 0.6 is 24.0 Å². The Bertz CT molecular complexity index is 854. The second-order valence-corrected chi connectivity index (χ2v) is 7.57. The zero-order valence-corrected chi connectivity index (χ0v) is 17.5. The highest BCUT2D eigenvalue weighted by Crippen LogP contribution is 2.23. The Morgan fingerprint density at radius 3 is 2.79 bits per heavy atom. The number of hydrogen-bond acceptors (Lipinski definition) is 5. The first-order valence-corrected chi connectivity index (χ1v) is 9.13. The van der Waals surface area contributed by atoms with E-state index in [2.05, 4.69) is 26.3 Å². The molecule has 1 aromatic heterocycles. The number of hydrogen-bond donors (Lipinski definition) is 3. The largest absolute Gasteiger partial charge is 0.358 e. The minimum atomic E-state index is -0.718. The van der Waals surface area contributed by atoms with Crippen LogP contribution in [-0.2, 0) is 10.3 Å². The van der Waals surface area contributed by atoms with Gasteiger partial charge in [-0.3, -0.25) is 9.59 Å². The van der Waals surface area contributed by atoms with Crippen LogP contribution in [-0.4, -0.2) is 46.4 Å². The quantitative estimate of drug-likeness (QED) is 0.674. The van der Waals surface area contributed by atoms with E-state index in [4.69, 9.17) is 11.6 Å². The van der Waals surface area contributed by atoms with E-state index in [1.54, 1.807) is 36.0 Å². The van der Waals surface area contributed by atoms with Gasteiger partial charge in [0, 0.05) is 24.2 Å². The standard InChI is InChI=1S/C18H23ClN6O2.ClH/c1-18(2,22-16(26)11-5-4-6-12(19)7-11)15-10-25(24-23-15)13-8-14(21-9-13)17(27)20-3;/h4-7,10,13-14,21H,8-9H2,1-3H3,(H,20,27)(H,22,26);1H/t13-,14-;/m0./s1. The van der Waals surface area contributed by atoms with Crippen molar-refractivity contribution in [3.63, 3.8) is 0 Å². The van der Waals surface area contributed by atoms with Gasteiger partial charge in [-0.25, -0.2) is 4.68 Å². The zero-order chi connectivity index (χ0) is 19.6. The predicted molar refractivity (Wildman–Crippen MR) is 109 cm³/mol. The molecule has 1 aliphatic rings. The maximum atomic E-state index is 12.5. The van der Waals surface area contributed by atoms with E-state index in [0.29, 0.717) is 29.2 Å². The molecule has 10 heteroatoms. The molecule has 1 aromatic carbocycles. The van der Waals surface area contributed by atoms with Gasteiger partial charge in [0.15, 0.2) is 0 Å². The fourth-order valence-electron chi connectivity index (χ4n) is 3.08. The molecule has 0 bridgehead atoms. The number of nitrogens with one attached hydrogen (secondary N) is 3. The molecule has 0 unspecified atom stereocenters. The molecular weight excluding hydrogens is 403 g/mol. The third-order valence-corrected chi connectivity index (χ3v) is 4.94. The van der Waals surface area contributed by atoms with Gasteiger partial charge in [0.25, 0.3) is 5.91 Å². The molecule has 3 rings (SSSR count). The lowest BCUT2D eigenvalue weighted by Crippen LogP contribution is -2.41. The Morgan fingerprint density at radius 2 is 2.11 bits per heavy atom. The first-order valence-electron chi connectivity index (χ1n) is 8.75. The first kappa shape index (κ1) is 22.1. The number of likely N-dealkylation sites (N-methyl/N-ethyl adjacent to an activating group) is 1. The third kappa shape index (κ3) is 4.81. The van der Waals surface area contributed by atoms with E-state index in [9.17, 15) is 9.59 Å². The summed E-state index contributed by atoms with van der Waals surface area (Å²) in [5.41, 5.74) is 0.404. The molecule has 152 valence electrons. The number of amides is 2. The van der Waals surface area contributed by atoms with Gasteiger partial charge >= 0.3 is 0 Å². The van der Waals surface area contributed by atoms with Crippen molar-refractivity contribution in [3.8, 4) is 0 Å². The van der Waals surface area contributed by atoms with Crippen molar-refractivity contribution in [1.29, 1.82) is 0 Å². The van der Waals surface area contributed by atoms with Gasteiger partial charge in [-0.05, 0) is 38.5 Å². The van der Waals surface area contributed by atoms with E-state index in [1.807, 2.05) is 20.0 Å². The number of carbonyl (C=O) groups is 2. The highest BCUT2D eigenvalue weighted by Gasteiger charge is 2.32. The maximum absolute atomic E-state index is 12.5. The van der Waals surface area contributed by atoms with Crippen LogP contribution in [0, 0.1) is 0 Å². The molecule has 2 atom stereocenters. The molecule has 0 radical (unpaired) electrons. The minimum absolute atomic E-state index is 0. The van der Waals surface area contributed by atoms with E-state index in [1.165, 1.54) is 0 Å². The van der Waals surface area contributed by atoms with Crippen LogP contribution in [0.2, 0.25) is 5.02 Å². The lowest BCUT2D eigenvalue weighted by Gasteiger charge is -2.23. The SMILES string of the molecule is CNC(=O)[C@@H]1C[C@H](n2cc(C(C)(C)NC(=O)c3cccc(Cl)c3)nn2)CN1.Cl. The van der Waals surface area contributed by atoms with E-state index >= 15 is 0 Å². The van der Waals surface area contributed by atoms with Crippen molar-refractivity contribution >= 4 is 35.8 Å². The number of rotatable bonds is 5. The van der Waals surface area contributed by atoms with Gasteiger partial charge < -0.3 is 16.0 Å². The fraction of sp³-hybridized carbons (Fsp3) is 0.444. The monoisotopic (exact) mass is 426 g/mol. The summed E-state index contributed by atoms with van der Waals surface area (Å²) < 4.78 is 1.75. The molecule has 0 saturated carbocycles. The predicted octanol–water partition coefficient (Wildman–Crippen LogP) is 1.67. The molecule has 3 N–H and O–H groups in total. The van der Waals surface area contributed by atoms with Gasteiger partial charge in [0.1, 0.15) is 5.69 Å². The van der Waals surface area contributed by atoms with Gasteiger partial charge in [-0.1, -0.05) is 22.9 Å². The average Bonchev–Trinajstić information content (AvgIpc) is 3.30. The molecule has 28 heavy (non-hydrogen) atoms. The molecule has 8 nitrogen and oxygen atoms in total. The van der Waals surface area contributed by atoms with Crippen LogP contribution in [0.15, 0.2) is 30.5 Å². The van der Waals surface area contributed by atoms with E-state index in [0.717, 1.165) is 0 Å². The third-order valence-electron chi connectivity index (χ3n) is 4.71. The molecule has 1 aliphatic heterocycles. The number of benzene rings is 1. The molecule has 2 aromatic rings. The minimum Gasteiger partial charge on any atom is -0.358 e. The Labute approximate surface area is 174 Å². The van der Waals surface area contributed by atoms with Gasteiger partial charge in [-0.15, -0.1) is 17.5 Å². The molecule has 0 aliphatic carbocycles. The summed E-state index contributed by atoms with van der Waals surface area (Å²) in [5, 5.41) is 17.7. The fourth-order valence-corrected chi connectivity index (χ4v) is 3.27. The maximum Gasteiger partial charge on any atom is 0.252 e. The van der Waals surface area contributed by atoms with Crippen molar-refractivity contribution in [2.75, 3.05) is 13.6 Å². The van der Waals surface area contributed by atoms with Crippen molar-refractivity contribution in [2.24, 2.45) is 0 Å². The molecule has 1 fully saturated rings. The first-order chi connectivity index (χ1) is 12.8. The van der Waals surface area contributed by atoms with Gasteiger partial charge in [0.2, 0.25) is 5.91 Å². The lowest BCUT2D eigenvalue weighted by molar-refractivity contribution is -0.122. The second-order valence-electron chi connectivity index (χ2n) is 7.14. The Kier molecular flexibility index (Phi) is 7.03. The van der Waals surface area contributed by atoms with Crippen molar-refractivity contribution in [2.45, 2.75) is 37.9 Å². The Balaban J connectivity index is 0.00000280. The van der Waals surface area contributed by atoms with E-state index in [-0.39, 0.29) is 36.3 Å². The van der Waals surface area contributed by atoms with E-state index < -0.39 is 5.54 Å². The summed E-state index contributed by atoms with van der Waals surface area (Å²) in [6.45, 7) is 4.37. The highest BCUT2D eigenvalue weighted by molar-refractivity contribution is 6.30. The smallest absolute Gasteiger partial charge is 0.252 e. The van der Waals surface area contributed by atoms with Crippen LogP contribution in [0.25, 0.3) is 0 Å². The average molecular weight is 427 g/mol. The lowest BCUT2D eigenvalue weighted by atomic mass is 10.0. The summed E-state index contributed by atoms with van der Waals surface area (Å²) in [6.07, 6.45) is 2.45. The topological polar surface area (TPSA) is 101 Å². The van der Waals surface area contributed by atoms with Crippen LogP contribution in [0.4, 0.5) is 0 Å². The summed E-state index contributed by atoms with van der Waals surface area (Å²) in [6, 6.07) is 6.58. The van der Waals surface area contributed by atoms with Gasteiger partial charge in [-0.2, -0.15) is 0 Å². The molecule has 2 amide bonds. The van der Waals surface area contributed by atoms with Crippen molar-refractivity contribution < 1.29 is 9.59 Å². The number of halogens is 2. The molecule has 0 spiro atoms. The van der Waals surface area contributed by atoms with Crippen LogP contribution in [0.1, 0.15) is 42.4 Å². The number of nitrogens with zero attached hydrogens (tertiary/aromatic N) is 3. The normalized spacial score (nSPS) is 19.0. The van der Waals surface area contributed by atoms with Crippen molar-refractivity contribution in [3.05, 3.63) is 46.7 Å². The van der Waals surface area contributed by atoms with Gasteiger partial charge in [0.05, 0.1) is 23.8 Å². The number of carbonyl (C=O) groups excluding carboxylic acids is 2. The second kappa shape index (κ2) is 8.89. The Hall–Kier alpha value is -2.16.